The van der Waals surface area contributed by atoms with Crippen LogP contribution in [0.25, 0.3) is 0 Å². The first-order valence-electron chi connectivity index (χ1n) is 8.32. The first kappa shape index (κ1) is 20.3. The molecule has 1 aromatic carbocycles. The van der Waals surface area contributed by atoms with Crippen molar-refractivity contribution in [3.63, 3.8) is 0 Å². The summed E-state index contributed by atoms with van der Waals surface area (Å²) in [6.45, 7) is 2.71. The SMILES string of the molecule is Cn1c(SCC(=O)Nc2ccc(OC(F)(F)F)cc2)nnc1N1CCOCC1. The van der Waals surface area contributed by atoms with E-state index >= 15 is 0 Å². The molecule has 28 heavy (non-hydrogen) atoms. The van der Waals surface area contributed by atoms with E-state index < -0.39 is 6.36 Å². The normalized spacial score (nSPS) is 14.8. The van der Waals surface area contributed by atoms with Gasteiger partial charge in [0.15, 0.2) is 5.16 Å². The number of nitrogens with one attached hydrogen (secondary N) is 1. The van der Waals surface area contributed by atoms with E-state index in [0.717, 1.165) is 25.2 Å². The standard InChI is InChI=1S/C16H18F3N5O3S/c1-23-14(24-6-8-26-9-7-24)21-22-15(23)28-10-13(25)20-11-2-4-12(5-3-11)27-16(17,18)19/h2-5H,6-10H2,1H3,(H,20,25). The molecule has 1 aliphatic heterocycles. The monoisotopic (exact) mass is 417 g/mol. The minimum absolute atomic E-state index is 0.0793. The fourth-order valence-corrected chi connectivity index (χ4v) is 3.24. The number of hydrogen-bond donors (Lipinski definition) is 1. The number of carbonyl (C=O) groups excluding carboxylic acids is 1. The third-order valence-electron chi connectivity index (χ3n) is 3.81. The summed E-state index contributed by atoms with van der Waals surface area (Å²) in [6, 6.07) is 4.94. The molecular formula is C16H18F3N5O3S. The van der Waals surface area contributed by atoms with Gasteiger partial charge in [-0.05, 0) is 24.3 Å². The molecule has 1 fully saturated rings. The number of hydrogen-bond acceptors (Lipinski definition) is 7. The Bertz CT molecular complexity index is 807. The van der Waals surface area contributed by atoms with Crippen molar-refractivity contribution in [2.45, 2.75) is 11.5 Å². The lowest BCUT2D eigenvalue weighted by molar-refractivity contribution is -0.274. The zero-order valence-corrected chi connectivity index (χ0v) is 15.7. The van der Waals surface area contributed by atoms with Crippen LogP contribution in [0.2, 0.25) is 0 Å². The van der Waals surface area contributed by atoms with Crippen molar-refractivity contribution in [2.24, 2.45) is 7.05 Å². The van der Waals surface area contributed by atoms with E-state index in [9.17, 15) is 18.0 Å². The molecule has 1 N–H and O–H groups in total. The van der Waals surface area contributed by atoms with Gasteiger partial charge >= 0.3 is 6.36 Å². The van der Waals surface area contributed by atoms with Crippen LogP contribution in [-0.2, 0) is 16.6 Å². The molecule has 0 aliphatic carbocycles. The molecule has 12 heteroatoms. The predicted molar refractivity (Wildman–Crippen MR) is 96.5 cm³/mol. The number of halogens is 3. The summed E-state index contributed by atoms with van der Waals surface area (Å²) in [5.74, 6) is 0.127. The second-order valence-corrected chi connectivity index (χ2v) is 6.79. The van der Waals surface area contributed by atoms with Gasteiger partial charge in [-0.2, -0.15) is 0 Å². The van der Waals surface area contributed by atoms with E-state index in [1.54, 1.807) is 0 Å². The van der Waals surface area contributed by atoms with Crippen LogP contribution in [0.3, 0.4) is 0 Å². The molecule has 0 bridgehead atoms. The van der Waals surface area contributed by atoms with Gasteiger partial charge in [-0.1, -0.05) is 11.8 Å². The summed E-state index contributed by atoms with van der Waals surface area (Å²) in [7, 11) is 1.82. The first-order chi connectivity index (χ1) is 13.3. The average molecular weight is 417 g/mol. The molecule has 8 nitrogen and oxygen atoms in total. The van der Waals surface area contributed by atoms with Crippen LogP contribution in [0, 0.1) is 0 Å². The Morgan fingerprint density at radius 1 is 1.25 bits per heavy atom. The second-order valence-electron chi connectivity index (χ2n) is 5.85. The zero-order chi connectivity index (χ0) is 20.1. The number of anilines is 2. The van der Waals surface area contributed by atoms with Crippen LogP contribution in [0.4, 0.5) is 24.8 Å². The summed E-state index contributed by atoms with van der Waals surface area (Å²) in [4.78, 5) is 14.2. The highest BCUT2D eigenvalue weighted by Crippen LogP contribution is 2.24. The fraction of sp³-hybridized carbons (Fsp3) is 0.438. The van der Waals surface area contributed by atoms with Gasteiger partial charge in [-0.25, -0.2) is 0 Å². The number of thioether (sulfide) groups is 1. The number of benzene rings is 1. The molecule has 152 valence electrons. The summed E-state index contributed by atoms with van der Waals surface area (Å²) < 4.78 is 47.4. The van der Waals surface area contributed by atoms with E-state index in [0.29, 0.717) is 30.0 Å². The predicted octanol–water partition coefficient (Wildman–Crippen LogP) is 2.28. The Hall–Kier alpha value is -2.47. The second kappa shape index (κ2) is 8.69. The van der Waals surface area contributed by atoms with Crippen molar-refractivity contribution in [1.82, 2.24) is 14.8 Å². The van der Waals surface area contributed by atoms with Crippen LogP contribution in [0.5, 0.6) is 5.75 Å². The van der Waals surface area contributed by atoms with Crippen LogP contribution in [0.1, 0.15) is 0 Å². The maximum atomic E-state index is 12.1. The molecule has 1 saturated heterocycles. The molecule has 0 unspecified atom stereocenters. The molecule has 1 amide bonds. The third kappa shape index (κ3) is 5.52. The average Bonchev–Trinajstić information content (AvgIpc) is 3.02. The minimum Gasteiger partial charge on any atom is -0.406 e. The summed E-state index contributed by atoms with van der Waals surface area (Å²) in [6.07, 6.45) is -4.75. The van der Waals surface area contributed by atoms with Gasteiger partial charge in [0, 0.05) is 25.8 Å². The Morgan fingerprint density at radius 2 is 1.93 bits per heavy atom. The van der Waals surface area contributed by atoms with Crippen molar-refractivity contribution in [3.05, 3.63) is 24.3 Å². The Balaban J connectivity index is 1.51. The lowest BCUT2D eigenvalue weighted by Crippen LogP contribution is -2.37. The van der Waals surface area contributed by atoms with Crippen molar-refractivity contribution in [3.8, 4) is 5.75 Å². The highest BCUT2D eigenvalue weighted by molar-refractivity contribution is 7.99. The van der Waals surface area contributed by atoms with E-state index in [4.69, 9.17) is 4.74 Å². The smallest absolute Gasteiger partial charge is 0.406 e. The molecular weight excluding hydrogens is 399 g/mol. The third-order valence-corrected chi connectivity index (χ3v) is 4.83. The first-order valence-corrected chi connectivity index (χ1v) is 9.31. The Labute approximate surface area is 163 Å². The molecule has 0 radical (unpaired) electrons. The number of rotatable bonds is 6. The van der Waals surface area contributed by atoms with Gasteiger partial charge in [0.2, 0.25) is 11.9 Å². The minimum atomic E-state index is -4.75. The molecule has 0 spiro atoms. The molecule has 2 heterocycles. The van der Waals surface area contributed by atoms with E-state index in [-0.39, 0.29) is 17.4 Å². The van der Waals surface area contributed by atoms with Crippen molar-refractivity contribution in [2.75, 3.05) is 42.3 Å². The maximum Gasteiger partial charge on any atom is 0.573 e. The Kier molecular flexibility index (Phi) is 6.29. The number of alkyl halides is 3. The summed E-state index contributed by atoms with van der Waals surface area (Å²) >= 11 is 1.22. The van der Waals surface area contributed by atoms with Crippen LogP contribution < -0.4 is 15.0 Å². The van der Waals surface area contributed by atoms with E-state index in [1.807, 2.05) is 11.6 Å². The number of aromatic nitrogens is 3. The topological polar surface area (TPSA) is 81.5 Å². The molecule has 2 aromatic rings. The van der Waals surface area contributed by atoms with Crippen LogP contribution in [-0.4, -0.2) is 59.1 Å². The number of amides is 1. The molecule has 0 atom stereocenters. The lowest BCUT2D eigenvalue weighted by Gasteiger charge is -2.27. The number of carbonyl (C=O) groups is 1. The lowest BCUT2D eigenvalue weighted by atomic mass is 10.3. The fourth-order valence-electron chi connectivity index (χ4n) is 2.54. The maximum absolute atomic E-state index is 12.1. The van der Waals surface area contributed by atoms with Crippen molar-refractivity contribution >= 4 is 29.3 Å². The van der Waals surface area contributed by atoms with Crippen molar-refractivity contribution in [1.29, 1.82) is 0 Å². The van der Waals surface area contributed by atoms with E-state index in [2.05, 4.69) is 25.2 Å². The number of morpholine rings is 1. The largest absolute Gasteiger partial charge is 0.573 e. The van der Waals surface area contributed by atoms with Gasteiger partial charge in [0.05, 0.1) is 19.0 Å². The number of nitrogens with zero attached hydrogens (tertiary/aromatic N) is 4. The van der Waals surface area contributed by atoms with Gasteiger partial charge in [-0.3, -0.25) is 9.36 Å². The summed E-state index contributed by atoms with van der Waals surface area (Å²) in [5.41, 5.74) is 0.368. The Morgan fingerprint density at radius 3 is 2.57 bits per heavy atom. The number of ether oxygens (including phenoxy) is 2. The highest BCUT2D eigenvalue weighted by atomic mass is 32.2. The van der Waals surface area contributed by atoms with Gasteiger partial charge in [-0.15, -0.1) is 23.4 Å². The van der Waals surface area contributed by atoms with Crippen molar-refractivity contribution < 1.29 is 27.4 Å². The molecule has 1 aliphatic rings. The highest BCUT2D eigenvalue weighted by Gasteiger charge is 2.31. The zero-order valence-electron chi connectivity index (χ0n) is 14.9. The quantitative estimate of drug-likeness (QED) is 0.722. The van der Waals surface area contributed by atoms with Crippen LogP contribution >= 0.6 is 11.8 Å². The van der Waals surface area contributed by atoms with Gasteiger partial charge in [0.1, 0.15) is 5.75 Å². The van der Waals surface area contributed by atoms with Gasteiger partial charge in [0.25, 0.3) is 0 Å². The summed E-state index contributed by atoms with van der Waals surface area (Å²) in [5, 5.41) is 11.5. The van der Waals surface area contributed by atoms with Crippen LogP contribution in [0.15, 0.2) is 29.4 Å². The molecule has 0 saturated carbocycles. The van der Waals surface area contributed by atoms with E-state index in [1.165, 1.54) is 23.9 Å². The molecule has 3 rings (SSSR count). The molecule has 1 aromatic heterocycles. The van der Waals surface area contributed by atoms with Gasteiger partial charge < -0.3 is 19.7 Å².